The van der Waals surface area contributed by atoms with Crippen LogP contribution >= 0.6 is 0 Å². The maximum atomic E-state index is 10.2. The van der Waals surface area contributed by atoms with E-state index in [9.17, 15) is 10.2 Å². The van der Waals surface area contributed by atoms with Gasteiger partial charge in [-0.2, -0.15) is 0 Å². The van der Waals surface area contributed by atoms with Gasteiger partial charge in [-0.05, 0) is 19.8 Å². The van der Waals surface area contributed by atoms with Gasteiger partial charge in [0.25, 0.3) is 0 Å². The van der Waals surface area contributed by atoms with Crippen LogP contribution in [0.15, 0.2) is 0 Å². The molecule has 0 radical (unpaired) electrons. The normalized spacial score (nSPS) is 13.2. The van der Waals surface area contributed by atoms with Crippen molar-refractivity contribution in [2.24, 2.45) is 0 Å². The maximum Gasteiger partial charge on any atom is 0.0935 e. The van der Waals surface area contributed by atoms with Gasteiger partial charge in [0.05, 0.1) is 11.7 Å². The first kappa shape index (κ1) is 13.5. The first-order chi connectivity index (χ1) is 6.60. The monoisotopic (exact) mass is 198 g/mol. The number of rotatable bonds is 6. The van der Waals surface area contributed by atoms with Gasteiger partial charge in [0.1, 0.15) is 0 Å². The van der Waals surface area contributed by atoms with Crippen LogP contribution in [0.25, 0.3) is 0 Å². The smallest absolute Gasteiger partial charge is 0.0935 e. The minimum atomic E-state index is -0.937. The van der Waals surface area contributed by atoms with Crippen molar-refractivity contribution in [2.75, 3.05) is 0 Å². The van der Waals surface area contributed by atoms with Crippen molar-refractivity contribution in [3.8, 4) is 11.8 Å². The third-order valence-electron chi connectivity index (χ3n) is 2.46. The molecule has 0 heterocycles. The Morgan fingerprint density at radius 2 is 1.71 bits per heavy atom. The van der Waals surface area contributed by atoms with Crippen LogP contribution in [0.1, 0.15) is 52.9 Å². The predicted octanol–water partition coefficient (Wildman–Crippen LogP) is 2.09. The van der Waals surface area contributed by atoms with E-state index in [0.29, 0.717) is 19.3 Å². The lowest BCUT2D eigenvalue weighted by Gasteiger charge is -2.31. The molecule has 0 aliphatic carbocycles. The summed E-state index contributed by atoms with van der Waals surface area (Å²) in [4.78, 5) is 0. The molecule has 2 heteroatoms. The highest BCUT2D eigenvalue weighted by Gasteiger charge is 2.32. The molecule has 1 unspecified atom stereocenters. The highest BCUT2D eigenvalue weighted by Crippen LogP contribution is 2.25. The Kier molecular flexibility index (Phi) is 6.61. The van der Waals surface area contributed by atoms with Gasteiger partial charge >= 0.3 is 0 Å². The molecule has 0 aliphatic heterocycles. The van der Waals surface area contributed by atoms with Crippen LogP contribution in [0.3, 0.4) is 0 Å². The fraction of sp³-hybridized carbons (Fsp3) is 0.833. The van der Waals surface area contributed by atoms with Gasteiger partial charge in [-0.3, -0.25) is 0 Å². The maximum absolute atomic E-state index is 10.2. The van der Waals surface area contributed by atoms with Crippen LogP contribution in [-0.2, 0) is 0 Å². The summed E-state index contributed by atoms with van der Waals surface area (Å²) in [5, 5.41) is 20.0. The highest BCUT2D eigenvalue weighted by molar-refractivity contribution is 5.00. The Morgan fingerprint density at radius 3 is 2.07 bits per heavy atom. The summed E-state index contributed by atoms with van der Waals surface area (Å²) in [6.07, 6.45) is 2.71. The minimum absolute atomic E-state index is 0.368. The van der Waals surface area contributed by atoms with Gasteiger partial charge in [-0.1, -0.05) is 26.7 Å². The van der Waals surface area contributed by atoms with Gasteiger partial charge < -0.3 is 10.2 Å². The zero-order chi connectivity index (χ0) is 11.0. The van der Waals surface area contributed by atoms with Crippen LogP contribution in [-0.4, -0.2) is 21.9 Å². The third kappa shape index (κ3) is 4.13. The lowest BCUT2D eigenvalue weighted by atomic mass is 9.85. The molecular formula is C12H22O2. The van der Waals surface area contributed by atoms with Crippen molar-refractivity contribution < 1.29 is 10.2 Å². The summed E-state index contributed by atoms with van der Waals surface area (Å²) in [5.74, 6) is 5.54. The van der Waals surface area contributed by atoms with Gasteiger partial charge in [0.15, 0.2) is 0 Å². The molecule has 2 nitrogen and oxygen atoms in total. The predicted molar refractivity (Wildman–Crippen MR) is 58.8 cm³/mol. The van der Waals surface area contributed by atoms with E-state index in [0.717, 1.165) is 12.8 Å². The quantitative estimate of drug-likeness (QED) is 0.642. The van der Waals surface area contributed by atoms with Gasteiger partial charge in [0, 0.05) is 6.42 Å². The fourth-order valence-corrected chi connectivity index (χ4v) is 1.71. The zero-order valence-electron chi connectivity index (χ0n) is 9.51. The van der Waals surface area contributed by atoms with Crippen LogP contribution in [0, 0.1) is 11.8 Å². The Labute approximate surface area is 87.3 Å². The molecule has 14 heavy (non-hydrogen) atoms. The molecule has 0 bridgehead atoms. The van der Waals surface area contributed by atoms with E-state index in [-0.39, 0.29) is 0 Å². The van der Waals surface area contributed by atoms with Crippen molar-refractivity contribution in [2.45, 2.75) is 64.6 Å². The third-order valence-corrected chi connectivity index (χ3v) is 2.46. The second-order valence-electron chi connectivity index (χ2n) is 3.75. The van der Waals surface area contributed by atoms with Gasteiger partial charge in [-0.25, -0.2) is 0 Å². The zero-order valence-corrected chi connectivity index (χ0v) is 9.51. The minimum Gasteiger partial charge on any atom is -0.389 e. The van der Waals surface area contributed by atoms with Crippen LogP contribution < -0.4 is 0 Å². The molecule has 0 amide bonds. The second kappa shape index (κ2) is 6.86. The molecule has 0 aromatic carbocycles. The molecule has 0 aromatic heterocycles. The second-order valence-corrected chi connectivity index (χ2v) is 3.75. The van der Waals surface area contributed by atoms with Crippen molar-refractivity contribution >= 4 is 0 Å². The van der Waals surface area contributed by atoms with E-state index in [4.69, 9.17) is 0 Å². The van der Waals surface area contributed by atoms with E-state index in [2.05, 4.69) is 11.8 Å². The lowest BCUT2D eigenvalue weighted by Crippen LogP contribution is -2.41. The molecule has 1 atom stereocenters. The molecule has 82 valence electrons. The van der Waals surface area contributed by atoms with Gasteiger partial charge in [-0.15, -0.1) is 11.8 Å². The van der Waals surface area contributed by atoms with Crippen molar-refractivity contribution in [3.63, 3.8) is 0 Å². The Hall–Kier alpha value is -0.520. The Morgan fingerprint density at radius 1 is 1.21 bits per heavy atom. The Balaban J connectivity index is 4.34. The number of hydrogen-bond acceptors (Lipinski definition) is 2. The average Bonchev–Trinajstić information content (AvgIpc) is 2.15. The first-order valence-electron chi connectivity index (χ1n) is 5.40. The molecule has 0 saturated heterocycles. The molecular weight excluding hydrogens is 176 g/mol. The van der Waals surface area contributed by atoms with E-state index in [1.807, 2.05) is 13.8 Å². The fourth-order valence-electron chi connectivity index (χ4n) is 1.71. The number of aliphatic hydroxyl groups excluding tert-OH is 1. The molecule has 0 spiro atoms. The molecule has 0 aliphatic rings. The summed E-state index contributed by atoms with van der Waals surface area (Å²) in [6.45, 7) is 5.77. The molecule has 2 N–H and O–H groups in total. The first-order valence-corrected chi connectivity index (χ1v) is 5.40. The molecule has 0 saturated carbocycles. The topological polar surface area (TPSA) is 40.5 Å². The number of aliphatic hydroxyl groups is 2. The number of hydrogen-bond donors (Lipinski definition) is 2. The van der Waals surface area contributed by atoms with E-state index < -0.39 is 11.7 Å². The van der Waals surface area contributed by atoms with E-state index in [1.54, 1.807) is 6.92 Å². The summed E-state index contributed by atoms with van der Waals surface area (Å²) < 4.78 is 0. The standard InChI is InChI=1S/C12H22O2/c1-4-7-8-11(13)12(14,9-5-2)10-6-3/h11,13-14H,5-6,8-10H2,1-3H3. The average molecular weight is 198 g/mol. The molecule has 0 rings (SSSR count). The molecule has 0 fully saturated rings. The summed E-state index contributed by atoms with van der Waals surface area (Å²) in [5.41, 5.74) is -0.937. The SMILES string of the molecule is CC#CCC(O)C(O)(CCC)CCC. The van der Waals surface area contributed by atoms with Gasteiger partial charge in [0.2, 0.25) is 0 Å². The summed E-state index contributed by atoms with van der Waals surface area (Å²) in [7, 11) is 0. The lowest BCUT2D eigenvalue weighted by molar-refractivity contribution is -0.0838. The van der Waals surface area contributed by atoms with E-state index in [1.165, 1.54) is 0 Å². The summed E-state index contributed by atoms with van der Waals surface area (Å²) in [6, 6.07) is 0. The van der Waals surface area contributed by atoms with Crippen LogP contribution in [0.2, 0.25) is 0 Å². The van der Waals surface area contributed by atoms with E-state index >= 15 is 0 Å². The highest BCUT2D eigenvalue weighted by atomic mass is 16.3. The largest absolute Gasteiger partial charge is 0.389 e. The summed E-state index contributed by atoms with van der Waals surface area (Å²) >= 11 is 0. The van der Waals surface area contributed by atoms with Crippen molar-refractivity contribution in [3.05, 3.63) is 0 Å². The van der Waals surface area contributed by atoms with Crippen LogP contribution in [0.4, 0.5) is 0 Å². The van der Waals surface area contributed by atoms with Crippen molar-refractivity contribution in [1.82, 2.24) is 0 Å². The van der Waals surface area contributed by atoms with Crippen molar-refractivity contribution in [1.29, 1.82) is 0 Å². The van der Waals surface area contributed by atoms with Crippen LogP contribution in [0.5, 0.6) is 0 Å². The Bertz CT molecular complexity index is 194. The molecule has 0 aromatic rings.